The van der Waals surface area contributed by atoms with E-state index in [1.54, 1.807) is 7.11 Å². The maximum Gasteiger partial charge on any atom is 0.134 e. The molecule has 0 amide bonds. The van der Waals surface area contributed by atoms with Gasteiger partial charge < -0.3 is 14.4 Å². The van der Waals surface area contributed by atoms with E-state index in [0.717, 1.165) is 31.6 Å². The summed E-state index contributed by atoms with van der Waals surface area (Å²) in [5.74, 6) is 1.28. The zero-order valence-electron chi connectivity index (χ0n) is 14.2. The molecule has 1 unspecified atom stereocenters. The van der Waals surface area contributed by atoms with Crippen LogP contribution in [0.4, 0.5) is 0 Å². The Morgan fingerprint density at radius 2 is 2.09 bits per heavy atom. The lowest BCUT2D eigenvalue weighted by molar-refractivity contribution is -0.183. The highest BCUT2D eigenvalue weighted by Crippen LogP contribution is 2.60. The van der Waals surface area contributed by atoms with Crippen molar-refractivity contribution in [2.24, 2.45) is 0 Å². The Labute approximate surface area is 137 Å². The van der Waals surface area contributed by atoms with Crippen LogP contribution in [0, 0.1) is 0 Å². The molecule has 1 aromatic carbocycles. The van der Waals surface area contributed by atoms with Gasteiger partial charge in [0.1, 0.15) is 11.5 Å². The summed E-state index contributed by atoms with van der Waals surface area (Å²) in [6.45, 7) is 1.00. The minimum Gasteiger partial charge on any atom is -0.496 e. The van der Waals surface area contributed by atoms with E-state index in [4.69, 9.17) is 9.47 Å². The Morgan fingerprint density at radius 3 is 2.83 bits per heavy atom. The fourth-order valence-corrected chi connectivity index (χ4v) is 5.65. The first kappa shape index (κ1) is 15.2. The third-order valence-electron chi connectivity index (χ3n) is 6.63. The Hall–Kier alpha value is -1.39. The molecular weight excluding hydrogens is 290 g/mol. The predicted molar refractivity (Wildman–Crippen MR) is 88.0 cm³/mol. The molecule has 4 nitrogen and oxygen atoms in total. The number of rotatable bonds is 2. The van der Waals surface area contributed by atoms with E-state index in [1.165, 1.54) is 11.1 Å². The molecule has 0 aromatic heterocycles. The van der Waals surface area contributed by atoms with Gasteiger partial charge in [-0.25, -0.2) is 0 Å². The molecule has 124 valence electrons. The van der Waals surface area contributed by atoms with E-state index < -0.39 is 0 Å². The Kier molecular flexibility index (Phi) is 3.33. The third-order valence-corrected chi connectivity index (χ3v) is 6.63. The van der Waals surface area contributed by atoms with E-state index >= 15 is 0 Å². The lowest BCUT2D eigenvalue weighted by Crippen LogP contribution is -2.73. The number of methoxy groups -OCH3 is 2. The smallest absolute Gasteiger partial charge is 0.134 e. The summed E-state index contributed by atoms with van der Waals surface area (Å²) in [7, 11) is 5.75. The highest BCUT2D eigenvalue weighted by Gasteiger charge is 2.66. The maximum absolute atomic E-state index is 12.5. The minimum atomic E-state index is -0.282. The third kappa shape index (κ3) is 1.76. The molecule has 4 heteroatoms. The number of ketones is 1. The molecule has 0 radical (unpaired) electrons. The van der Waals surface area contributed by atoms with Gasteiger partial charge in [0, 0.05) is 37.0 Å². The highest BCUT2D eigenvalue weighted by atomic mass is 16.5. The van der Waals surface area contributed by atoms with Gasteiger partial charge in [0.05, 0.1) is 12.7 Å². The van der Waals surface area contributed by atoms with Gasteiger partial charge in [-0.2, -0.15) is 0 Å². The fraction of sp³-hybridized carbons (Fsp3) is 0.632. The summed E-state index contributed by atoms with van der Waals surface area (Å²) in [6, 6.07) is 6.62. The number of Topliss-reactive ketones (excluding diaryl/α,β-unsaturated/α-hetero) is 1. The molecule has 2 bridgehead atoms. The van der Waals surface area contributed by atoms with Gasteiger partial charge in [0.15, 0.2) is 0 Å². The molecule has 1 saturated carbocycles. The molecule has 1 aromatic rings. The molecule has 1 aliphatic heterocycles. The van der Waals surface area contributed by atoms with Crippen LogP contribution in [-0.4, -0.2) is 50.1 Å². The molecule has 4 rings (SSSR count). The topological polar surface area (TPSA) is 38.8 Å². The van der Waals surface area contributed by atoms with E-state index in [2.05, 4.69) is 24.1 Å². The molecule has 2 fully saturated rings. The van der Waals surface area contributed by atoms with Crippen LogP contribution in [0.5, 0.6) is 5.75 Å². The largest absolute Gasteiger partial charge is 0.496 e. The summed E-state index contributed by atoms with van der Waals surface area (Å²) in [6.07, 6.45) is 3.94. The van der Waals surface area contributed by atoms with Crippen molar-refractivity contribution < 1.29 is 14.3 Å². The van der Waals surface area contributed by atoms with Crippen LogP contribution in [-0.2, 0) is 21.4 Å². The first-order valence-corrected chi connectivity index (χ1v) is 8.51. The summed E-state index contributed by atoms with van der Waals surface area (Å²) in [5, 5.41) is 0. The van der Waals surface area contributed by atoms with Crippen molar-refractivity contribution in [3.8, 4) is 5.75 Å². The van der Waals surface area contributed by atoms with Crippen LogP contribution in [0.3, 0.4) is 0 Å². The molecule has 1 saturated heterocycles. The Balaban J connectivity index is 2.02. The van der Waals surface area contributed by atoms with Crippen molar-refractivity contribution >= 4 is 5.78 Å². The maximum atomic E-state index is 12.5. The highest BCUT2D eigenvalue weighted by molar-refractivity contribution is 5.83. The lowest BCUT2D eigenvalue weighted by Gasteiger charge is -2.64. The van der Waals surface area contributed by atoms with Crippen LogP contribution in [0.2, 0.25) is 0 Å². The van der Waals surface area contributed by atoms with Crippen LogP contribution < -0.4 is 4.74 Å². The second-order valence-electron chi connectivity index (χ2n) is 7.34. The Bertz CT molecular complexity index is 658. The molecule has 2 aliphatic carbocycles. The number of hydrogen-bond donors (Lipinski definition) is 0. The number of hydrogen-bond acceptors (Lipinski definition) is 4. The first-order valence-electron chi connectivity index (χ1n) is 8.51. The van der Waals surface area contributed by atoms with E-state index in [1.807, 2.05) is 13.2 Å². The van der Waals surface area contributed by atoms with Gasteiger partial charge in [0.2, 0.25) is 0 Å². The normalized spacial score (nSPS) is 36.3. The van der Waals surface area contributed by atoms with Gasteiger partial charge in [-0.1, -0.05) is 12.1 Å². The molecular formula is C19H25NO3. The second kappa shape index (κ2) is 5.05. The predicted octanol–water partition coefficient (Wildman–Crippen LogP) is 2.33. The zero-order chi connectivity index (χ0) is 16.2. The van der Waals surface area contributed by atoms with Gasteiger partial charge >= 0.3 is 0 Å². The van der Waals surface area contributed by atoms with Gasteiger partial charge in [-0.05, 0) is 44.5 Å². The average Bonchev–Trinajstić information content (AvgIpc) is 2.57. The van der Waals surface area contributed by atoms with E-state index in [9.17, 15) is 4.79 Å². The number of likely N-dealkylation sites (N-methyl/N-ethyl adjacent to an activating group) is 1. The van der Waals surface area contributed by atoms with Crippen LogP contribution in [0.15, 0.2) is 18.2 Å². The van der Waals surface area contributed by atoms with Crippen LogP contribution in [0.25, 0.3) is 0 Å². The Morgan fingerprint density at radius 1 is 1.26 bits per heavy atom. The van der Waals surface area contributed by atoms with Crippen molar-refractivity contribution in [1.82, 2.24) is 4.90 Å². The number of benzene rings is 1. The SMILES string of the molecule is COc1cccc2c1[C@]13CCN(C)C(C2)[C@]1(OC)CCC(=O)C3. The minimum absolute atomic E-state index is 0.242. The number of likely N-dealkylation sites (tertiary alicyclic amines) is 1. The number of carbonyl (C=O) groups excluding carboxylic acids is 1. The van der Waals surface area contributed by atoms with Crippen molar-refractivity contribution in [3.63, 3.8) is 0 Å². The zero-order valence-corrected chi connectivity index (χ0v) is 14.2. The second-order valence-corrected chi connectivity index (χ2v) is 7.34. The number of ether oxygens (including phenoxy) is 2. The number of nitrogens with zero attached hydrogens (tertiary/aromatic N) is 1. The van der Waals surface area contributed by atoms with Gasteiger partial charge in [0.25, 0.3) is 0 Å². The van der Waals surface area contributed by atoms with Gasteiger partial charge in [-0.3, -0.25) is 4.79 Å². The van der Waals surface area contributed by atoms with E-state index in [-0.39, 0.29) is 11.0 Å². The number of carbonyl (C=O) groups is 1. The quantitative estimate of drug-likeness (QED) is 0.840. The van der Waals surface area contributed by atoms with Crippen molar-refractivity contribution in [2.45, 2.75) is 49.2 Å². The van der Waals surface area contributed by atoms with Crippen molar-refractivity contribution in [1.29, 1.82) is 0 Å². The van der Waals surface area contributed by atoms with Crippen LogP contribution in [0.1, 0.15) is 36.8 Å². The number of piperidine rings is 1. The van der Waals surface area contributed by atoms with E-state index in [0.29, 0.717) is 24.7 Å². The average molecular weight is 315 g/mol. The summed E-state index contributed by atoms with van der Waals surface area (Å²) in [4.78, 5) is 14.9. The monoisotopic (exact) mass is 315 g/mol. The molecule has 3 aliphatic rings. The van der Waals surface area contributed by atoms with Crippen LogP contribution >= 0.6 is 0 Å². The van der Waals surface area contributed by atoms with Crippen molar-refractivity contribution in [3.05, 3.63) is 29.3 Å². The van der Waals surface area contributed by atoms with Gasteiger partial charge in [-0.15, -0.1) is 0 Å². The fourth-order valence-electron chi connectivity index (χ4n) is 5.65. The molecule has 0 N–H and O–H groups in total. The lowest BCUT2D eigenvalue weighted by atomic mass is 9.49. The molecule has 23 heavy (non-hydrogen) atoms. The standard InChI is InChI=1S/C19H25NO3/c1-20-10-9-18-12-14(21)7-8-19(18,23-3)16(20)11-13-5-4-6-15(22-2)17(13)18/h4-6,16H,7-12H2,1-3H3/t16?,18-,19-/m1/s1. The number of fused-ring (bicyclic) bond motifs is 1. The van der Waals surface area contributed by atoms with Crippen molar-refractivity contribution in [2.75, 3.05) is 27.8 Å². The summed E-state index contributed by atoms with van der Waals surface area (Å²) < 4.78 is 12.0. The first-order chi connectivity index (χ1) is 11.1. The molecule has 0 spiro atoms. The molecule has 3 atom stereocenters. The molecule has 1 heterocycles. The summed E-state index contributed by atoms with van der Waals surface area (Å²) >= 11 is 0. The summed E-state index contributed by atoms with van der Waals surface area (Å²) in [5.41, 5.74) is 2.04.